The molecule has 0 spiro atoms. The zero-order valence-electron chi connectivity index (χ0n) is 12.7. The first kappa shape index (κ1) is 14.2. The van der Waals surface area contributed by atoms with Crippen LogP contribution in [0.5, 0.6) is 0 Å². The first-order chi connectivity index (χ1) is 10.2. The minimum Gasteiger partial charge on any atom is -0.308 e. The molecule has 0 aromatic carbocycles. The number of nitrogens with two attached hydrogens (primary N) is 1. The van der Waals surface area contributed by atoms with E-state index in [1.165, 1.54) is 25.7 Å². The zero-order valence-corrected chi connectivity index (χ0v) is 12.7. The van der Waals surface area contributed by atoms with Crippen molar-refractivity contribution >= 4 is 16.9 Å². The Bertz CT molecular complexity index is 615. The number of nitrogens with one attached hydrogen (secondary N) is 1. The Hall–Kier alpha value is -1.73. The Labute approximate surface area is 124 Å². The Morgan fingerprint density at radius 3 is 2.86 bits per heavy atom. The van der Waals surface area contributed by atoms with Crippen molar-refractivity contribution in [3.8, 4) is 0 Å². The van der Waals surface area contributed by atoms with Crippen LogP contribution in [0.1, 0.15) is 31.5 Å². The molecule has 1 fully saturated rings. The largest absolute Gasteiger partial charge is 0.308 e. The summed E-state index contributed by atoms with van der Waals surface area (Å²) in [6.45, 7) is 1.84. The number of hydrogen-bond donors (Lipinski definition) is 2. The lowest BCUT2D eigenvalue weighted by atomic mass is 10.1. The van der Waals surface area contributed by atoms with Gasteiger partial charge in [0.1, 0.15) is 5.82 Å². The Morgan fingerprint density at radius 2 is 2.14 bits per heavy atom. The zero-order chi connectivity index (χ0) is 14.8. The number of aromatic nitrogens is 4. The molecule has 7 heteroatoms. The molecule has 0 aliphatic heterocycles. The van der Waals surface area contributed by atoms with Crippen molar-refractivity contribution in [2.75, 3.05) is 19.0 Å². The number of nitrogen functional groups attached to an aromatic ring is 1. The molecule has 0 saturated heterocycles. The third-order valence-corrected chi connectivity index (χ3v) is 4.23. The number of aryl methyl sites for hydroxylation is 1. The molecule has 2 aromatic heterocycles. The Balaban J connectivity index is 1.77. The monoisotopic (exact) mass is 289 g/mol. The lowest BCUT2D eigenvalue weighted by Gasteiger charge is -2.20. The number of rotatable bonds is 5. The second-order valence-corrected chi connectivity index (χ2v) is 5.99. The summed E-state index contributed by atoms with van der Waals surface area (Å²) in [7, 11) is 4.01. The fourth-order valence-corrected chi connectivity index (χ4v) is 3.19. The van der Waals surface area contributed by atoms with Gasteiger partial charge in [-0.2, -0.15) is 5.10 Å². The second kappa shape index (κ2) is 5.95. The van der Waals surface area contributed by atoms with Gasteiger partial charge in [-0.05, 0) is 25.8 Å². The molecular formula is C14H23N7. The van der Waals surface area contributed by atoms with Crippen LogP contribution in [0.3, 0.4) is 0 Å². The van der Waals surface area contributed by atoms with Crippen LogP contribution in [-0.2, 0) is 13.6 Å². The molecule has 7 nitrogen and oxygen atoms in total. The highest BCUT2D eigenvalue weighted by Crippen LogP contribution is 2.25. The highest BCUT2D eigenvalue weighted by Gasteiger charge is 2.18. The van der Waals surface area contributed by atoms with E-state index < -0.39 is 0 Å². The molecule has 0 amide bonds. The average molecular weight is 289 g/mol. The van der Waals surface area contributed by atoms with Crippen LogP contribution in [0.15, 0.2) is 6.20 Å². The van der Waals surface area contributed by atoms with Gasteiger partial charge in [0.25, 0.3) is 0 Å². The topological polar surface area (TPSA) is 84.9 Å². The van der Waals surface area contributed by atoms with Gasteiger partial charge in [0.15, 0.2) is 11.5 Å². The predicted octanol–water partition coefficient (Wildman–Crippen LogP) is 1.27. The fraction of sp³-hybridized carbons (Fsp3) is 0.643. The minimum absolute atomic E-state index is 0.636. The van der Waals surface area contributed by atoms with Crippen LogP contribution in [0.2, 0.25) is 0 Å². The third kappa shape index (κ3) is 2.98. The molecular weight excluding hydrogens is 266 g/mol. The number of hydrogen-bond acceptors (Lipinski definition) is 6. The SMILES string of the molecule is CN(Cc1nc(NN)c2cnn(C)c2n1)CC1CCCC1. The lowest BCUT2D eigenvalue weighted by Crippen LogP contribution is -2.25. The summed E-state index contributed by atoms with van der Waals surface area (Å²) < 4.78 is 1.75. The predicted molar refractivity (Wildman–Crippen MR) is 82.4 cm³/mol. The lowest BCUT2D eigenvalue weighted by molar-refractivity contribution is 0.266. The van der Waals surface area contributed by atoms with Gasteiger partial charge in [-0.15, -0.1) is 0 Å². The van der Waals surface area contributed by atoms with Gasteiger partial charge in [-0.3, -0.25) is 9.58 Å². The van der Waals surface area contributed by atoms with Crippen LogP contribution in [0, 0.1) is 5.92 Å². The van der Waals surface area contributed by atoms with Crippen molar-refractivity contribution in [1.82, 2.24) is 24.6 Å². The van der Waals surface area contributed by atoms with Crippen LogP contribution in [0.25, 0.3) is 11.0 Å². The van der Waals surface area contributed by atoms with E-state index in [-0.39, 0.29) is 0 Å². The number of fused-ring (bicyclic) bond motifs is 1. The van der Waals surface area contributed by atoms with E-state index in [1.54, 1.807) is 10.9 Å². The van der Waals surface area contributed by atoms with Crippen LogP contribution in [-0.4, -0.2) is 38.2 Å². The van der Waals surface area contributed by atoms with Crippen molar-refractivity contribution in [1.29, 1.82) is 0 Å². The maximum absolute atomic E-state index is 5.57. The van der Waals surface area contributed by atoms with Crippen molar-refractivity contribution in [3.63, 3.8) is 0 Å². The van der Waals surface area contributed by atoms with Gasteiger partial charge in [-0.1, -0.05) is 12.8 Å². The van der Waals surface area contributed by atoms with Gasteiger partial charge in [-0.25, -0.2) is 15.8 Å². The normalized spacial score (nSPS) is 16.2. The molecule has 2 aromatic rings. The molecule has 114 valence electrons. The average Bonchev–Trinajstić information content (AvgIpc) is 3.09. The molecule has 1 saturated carbocycles. The van der Waals surface area contributed by atoms with E-state index >= 15 is 0 Å². The van der Waals surface area contributed by atoms with Crippen LogP contribution in [0.4, 0.5) is 5.82 Å². The van der Waals surface area contributed by atoms with Gasteiger partial charge in [0.05, 0.1) is 18.1 Å². The number of nitrogens with zero attached hydrogens (tertiary/aromatic N) is 5. The number of hydrazine groups is 1. The highest BCUT2D eigenvalue weighted by atomic mass is 15.3. The second-order valence-electron chi connectivity index (χ2n) is 5.99. The maximum atomic E-state index is 5.57. The summed E-state index contributed by atoms with van der Waals surface area (Å²) in [5.74, 6) is 7.80. The summed E-state index contributed by atoms with van der Waals surface area (Å²) in [5, 5.41) is 5.06. The molecule has 2 heterocycles. The molecule has 0 bridgehead atoms. The molecule has 21 heavy (non-hydrogen) atoms. The first-order valence-electron chi connectivity index (χ1n) is 7.51. The highest BCUT2D eigenvalue weighted by molar-refractivity contribution is 5.86. The van der Waals surface area contributed by atoms with E-state index in [9.17, 15) is 0 Å². The molecule has 3 rings (SSSR count). The summed E-state index contributed by atoms with van der Waals surface area (Å²) in [6, 6.07) is 0. The molecule has 0 atom stereocenters. The van der Waals surface area contributed by atoms with E-state index in [0.29, 0.717) is 5.82 Å². The Kier molecular flexibility index (Phi) is 4.03. The standard InChI is InChI=1S/C14H23N7/c1-20(8-10-5-3-4-6-10)9-12-17-13(19-15)11-7-16-21(2)14(11)18-12/h7,10H,3-6,8-9,15H2,1-2H3,(H,17,18,19). The van der Waals surface area contributed by atoms with E-state index in [4.69, 9.17) is 5.84 Å². The van der Waals surface area contributed by atoms with E-state index in [2.05, 4.69) is 32.4 Å². The van der Waals surface area contributed by atoms with Gasteiger partial charge in [0, 0.05) is 13.6 Å². The summed E-state index contributed by atoms with van der Waals surface area (Å²) in [4.78, 5) is 11.4. The fourth-order valence-electron chi connectivity index (χ4n) is 3.19. The summed E-state index contributed by atoms with van der Waals surface area (Å²) >= 11 is 0. The van der Waals surface area contributed by atoms with Gasteiger partial charge in [0.2, 0.25) is 0 Å². The molecule has 3 N–H and O–H groups in total. The summed E-state index contributed by atoms with van der Waals surface area (Å²) in [6.07, 6.45) is 7.17. The third-order valence-electron chi connectivity index (χ3n) is 4.23. The van der Waals surface area contributed by atoms with Gasteiger partial charge < -0.3 is 5.43 Å². The molecule has 0 radical (unpaired) electrons. The van der Waals surface area contributed by atoms with Crippen molar-refractivity contribution in [2.24, 2.45) is 18.8 Å². The smallest absolute Gasteiger partial charge is 0.163 e. The van der Waals surface area contributed by atoms with Crippen LogP contribution >= 0.6 is 0 Å². The molecule has 1 aliphatic rings. The molecule has 0 unspecified atom stereocenters. The first-order valence-corrected chi connectivity index (χ1v) is 7.51. The maximum Gasteiger partial charge on any atom is 0.163 e. The quantitative estimate of drug-likeness (QED) is 0.637. The van der Waals surface area contributed by atoms with Gasteiger partial charge >= 0.3 is 0 Å². The number of anilines is 1. The van der Waals surface area contributed by atoms with Crippen molar-refractivity contribution in [2.45, 2.75) is 32.2 Å². The van der Waals surface area contributed by atoms with E-state index in [1.807, 2.05) is 7.05 Å². The molecule has 1 aliphatic carbocycles. The van der Waals surface area contributed by atoms with Crippen molar-refractivity contribution in [3.05, 3.63) is 12.0 Å². The van der Waals surface area contributed by atoms with E-state index in [0.717, 1.165) is 35.9 Å². The van der Waals surface area contributed by atoms with Crippen LogP contribution < -0.4 is 11.3 Å². The Morgan fingerprint density at radius 1 is 1.38 bits per heavy atom. The summed E-state index contributed by atoms with van der Waals surface area (Å²) in [5.41, 5.74) is 3.45. The minimum atomic E-state index is 0.636. The van der Waals surface area contributed by atoms with Crippen molar-refractivity contribution < 1.29 is 0 Å².